The number of amides is 2. The molecule has 0 spiro atoms. The number of halogens is 1. The summed E-state index contributed by atoms with van der Waals surface area (Å²) in [4.78, 5) is 27.9. The summed E-state index contributed by atoms with van der Waals surface area (Å²) in [6, 6.07) is 12.8. The fourth-order valence-corrected chi connectivity index (χ4v) is 3.12. The zero-order valence-corrected chi connectivity index (χ0v) is 17.5. The first kappa shape index (κ1) is 20.5. The minimum Gasteiger partial charge on any atom is -0.331 e. The number of carbonyl (C=O) groups excluding carboxylic acids is 2. The molecule has 7 nitrogen and oxygen atoms in total. The number of carbonyl (C=O) groups is 2. The molecule has 0 aliphatic carbocycles. The number of aromatic nitrogens is 3. The Balaban J connectivity index is 1.73. The van der Waals surface area contributed by atoms with Gasteiger partial charge in [0.1, 0.15) is 0 Å². The molecule has 2 aromatic carbocycles. The highest BCUT2D eigenvalue weighted by atomic mass is 35.5. The normalized spacial score (nSPS) is 10.7. The van der Waals surface area contributed by atoms with Crippen LogP contribution in [-0.4, -0.2) is 45.3 Å². The number of nitrogens with zero attached hydrogens (tertiary/aromatic N) is 4. The minimum atomic E-state index is -0.382. The Morgan fingerprint density at radius 2 is 1.83 bits per heavy atom. The van der Waals surface area contributed by atoms with E-state index < -0.39 is 0 Å². The van der Waals surface area contributed by atoms with Crippen molar-refractivity contribution < 1.29 is 9.59 Å². The quantitative estimate of drug-likeness (QED) is 0.696. The Hall–Kier alpha value is -3.19. The van der Waals surface area contributed by atoms with E-state index >= 15 is 0 Å². The molecule has 0 aliphatic heterocycles. The maximum atomic E-state index is 12.8. The molecule has 0 aliphatic rings. The van der Waals surface area contributed by atoms with Gasteiger partial charge in [0.05, 0.1) is 28.6 Å². The molecular weight excluding hydrogens is 390 g/mol. The van der Waals surface area contributed by atoms with E-state index in [1.54, 1.807) is 38.2 Å². The molecule has 0 saturated heterocycles. The zero-order chi connectivity index (χ0) is 21.1. The Bertz CT molecular complexity index is 1080. The third-order valence-electron chi connectivity index (χ3n) is 4.43. The summed E-state index contributed by atoms with van der Waals surface area (Å²) in [7, 11) is 1.55. The third-order valence-corrected chi connectivity index (χ3v) is 4.76. The van der Waals surface area contributed by atoms with Crippen molar-refractivity contribution in [2.45, 2.75) is 20.8 Å². The van der Waals surface area contributed by atoms with Gasteiger partial charge >= 0.3 is 0 Å². The molecule has 0 radical (unpaired) electrons. The van der Waals surface area contributed by atoms with E-state index in [2.05, 4.69) is 15.5 Å². The van der Waals surface area contributed by atoms with Gasteiger partial charge in [-0.05, 0) is 44.5 Å². The van der Waals surface area contributed by atoms with Crippen LogP contribution in [0.15, 0.2) is 42.5 Å². The van der Waals surface area contributed by atoms with Crippen molar-refractivity contribution in [1.82, 2.24) is 19.9 Å². The zero-order valence-electron chi connectivity index (χ0n) is 16.7. The van der Waals surface area contributed by atoms with Crippen LogP contribution < -0.4 is 5.32 Å². The fraction of sp³-hybridized carbons (Fsp3) is 0.238. The van der Waals surface area contributed by atoms with E-state index in [1.807, 2.05) is 32.0 Å². The number of likely N-dealkylation sites (N-methyl/N-ethyl adjacent to an activating group) is 1. The number of hydrogen-bond donors (Lipinski definition) is 1. The lowest BCUT2D eigenvalue weighted by Gasteiger charge is -2.16. The second-order valence-electron chi connectivity index (χ2n) is 6.90. The summed E-state index contributed by atoms with van der Waals surface area (Å²) in [6.45, 7) is 5.56. The molecule has 1 N–H and O–H groups in total. The molecule has 0 unspecified atom stereocenters. The van der Waals surface area contributed by atoms with Gasteiger partial charge in [-0.15, -0.1) is 5.10 Å². The fourth-order valence-electron chi connectivity index (χ4n) is 2.93. The van der Waals surface area contributed by atoms with Crippen LogP contribution in [0.5, 0.6) is 0 Å². The van der Waals surface area contributed by atoms with Crippen LogP contribution >= 0.6 is 11.6 Å². The average molecular weight is 412 g/mol. The van der Waals surface area contributed by atoms with Gasteiger partial charge in [0.25, 0.3) is 5.91 Å². The standard InChI is InChI=1S/C21H22ClN5O2/c1-13-9-10-18(14(2)11-13)27-24-15(3)20(25-27)21(29)26(4)12-19(28)23-17-8-6-5-7-16(17)22/h5-11H,12H2,1-4H3,(H,23,28). The lowest BCUT2D eigenvalue weighted by molar-refractivity contribution is -0.116. The molecule has 3 rings (SSSR count). The van der Waals surface area contributed by atoms with Crippen LogP contribution in [0, 0.1) is 20.8 Å². The highest BCUT2D eigenvalue weighted by molar-refractivity contribution is 6.33. The number of rotatable bonds is 5. The molecule has 3 aromatic rings. The molecule has 2 amide bonds. The molecule has 8 heteroatoms. The van der Waals surface area contributed by atoms with Crippen LogP contribution in [-0.2, 0) is 4.79 Å². The molecule has 0 bridgehead atoms. The Kier molecular flexibility index (Phi) is 5.98. The molecule has 1 aromatic heterocycles. The Morgan fingerprint density at radius 1 is 1.10 bits per heavy atom. The van der Waals surface area contributed by atoms with E-state index in [-0.39, 0.29) is 24.1 Å². The predicted molar refractivity (Wildman–Crippen MR) is 113 cm³/mol. The van der Waals surface area contributed by atoms with E-state index in [1.165, 1.54) is 9.70 Å². The molecule has 29 heavy (non-hydrogen) atoms. The van der Waals surface area contributed by atoms with Crippen LogP contribution in [0.3, 0.4) is 0 Å². The summed E-state index contributed by atoms with van der Waals surface area (Å²) < 4.78 is 0. The van der Waals surface area contributed by atoms with Crippen molar-refractivity contribution in [3.05, 3.63) is 70.0 Å². The number of anilines is 1. The number of benzene rings is 2. The van der Waals surface area contributed by atoms with Crippen LogP contribution in [0.25, 0.3) is 5.69 Å². The summed E-state index contributed by atoms with van der Waals surface area (Å²) in [5, 5.41) is 11.9. The number of hydrogen-bond acceptors (Lipinski definition) is 4. The molecule has 150 valence electrons. The third kappa shape index (κ3) is 4.63. The van der Waals surface area contributed by atoms with Crippen molar-refractivity contribution >= 4 is 29.1 Å². The van der Waals surface area contributed by atoms with Crippen molar-refractivity contribution in [1.29, 1.82) is 0 Å². The van der Waals surface area contributed by atoms with E-state index in [0.29, 0.717) is 16.4 Å². The minimum absolute atomic E-state index is 0.139. The van der Waals surface area contributed by atoms with Crippen LogP contribution in [0.1, 0.15) is 27.3 Å². The van der Waals surface area contributed by atoms with E-state index in [4.69, 9.17) is 11.6 Å². The number of aryl methyl sites for hydroxylation is 3. The van der Waals surface area contributed by atoms with Gasteiger partial charge in [0.2, 0.25) is 5.91 Å². The van der Waals surface area contributed by atoms with Gasteiger partial charge in [0.15, 0.2) is 5.69 Å². The smallest absolute Gasteiger partial charge is 0.276 e. The van der Waals surface area contributed by atoms with Crippen molar-refractivity contribution in [3.63, 3.8) is 0 Å². The summed E-state index contributed by atoms with van der Waals surface area (Å²) in [6.07, 6.45) is 0. The topological polar surface area (TPSA) is 80.1 Å². The first-order chi connectivity index (χ1) is 13.8. The largest absolute Gasteiger partial charge is 0.331 e. The highest BCUT2D eigenvalue weighted by Gasteiger charge is 2.22. The van der Waals surface area contributed by atoms with Gasteiger partial charge in [-0.25, -0.2) is 0 Å². The molecule has 0 atom stereocenters. The van der Waals surface area contributed by atoms with Gasteiger partial charge in [-0.3, -0.25) is 9.59 Å². The first-order valence-corrected chi connectivity index (χ1v) is 9.45. The highest BCUT2D eigenvalue weighted by Crippen LogP contribution is 2.20. The summed E-state index contributed by atoms with van der Waals surface area (Å²) in [5.41, 5.74) is 4.14. The second-order valence-corrected chi connectivity index (χ2v) is 7.31. The maximum absolute atomic E-state index is 12.8. The molecule has 1 heterocycles. The molecular formula is C21H22ClN5O2. The average Bonchev–Trinajstić information content (AvgIpc) is 3.04. The first-order valence-electron chi connectivity index (χ1n) is 9.07. The molecule has 0 saturated carbocycles. The van der Waals surface area contributed by atoms with Crippen LogP contribution in [0.2, 0.25) is 5.02 Å². The van der Waals surface area contributed by atoms with Gasteiger partial charge in [-0.2, -0.15) is 9.90 Å². The second kappa shape index (κ2) is 8.45. The van der Waals surface area contributed by atoms with Crippen LogP contribution in [0.4, 0.5) is 5.69 Å². The van der Waals surface area contributed by atoms with E-state index in [9.17, 15) is 9.59 Å². The summed E-state index contributed by atoms with van der Waals surface area (Å²) in [5.74, 6) is -0.735. The van der Waals surface area contributed by atoms with Crippen molar-refractivity contribution in [3.8, 4) is 5.69 Å². The molecule has 0 fully saturated rings. The van der Waals surface area contributed by atoms with Gasteiger partial charge in [-0.1, -0.05) is 41.4 Å². The van der Waals surface area contributed by atoms with Crippen molar-refractivity contribution in [2.24, 2.45) is 0 Å². The maximum Gasteiger partial charge on any atom is 0.276 e. The lowest BCUT2D eigenvalue weighted by Crippen LogP contribution is -2.35. The Morgan fingerprint density at radius 3 is 2.52 bits per heavy atom. The number of nitrogens with one attached hydrogen (secondary N) is 1. The predicted octanol–water partition coefficient (Wildman–Crippen LogP) is 3.56. The van der Waals surface area contributed by atoms with Gasteiger partial charge in [0, 0.05) is 7.05 Å². The number of para-hydroxylation sites is 1. The Labute approximate surface area is 174 Å². The summed E-state index contributed by atoms with van der Waals surface area (Å²) >= 11 is 6.05. The van der Waals surface area contributed by atoms with Gasteiger partial charge < -0.3 is 10.2 Å². The SMILES string of the molecule is Cc1ccc(-n2nc(C)c(C(=O)N(C)CC(=O)Nc3ccccc3Cl)n2)c(C)c1. The monoisotopic (exact) mass is 411 g/mol. The van der Waals surface area contributed by atoms with E-state index in [0.717, 1.165) is 16.8 Å². The lowest BCUT2D eigenvalue weighted by atomic mass is 10.1. The van der Waals surface area contributed by atoms with Crippen molar-refractivity contribution in [2.75, 3.05) is 18.9 Å².